The summed E-state index contributed by atoms with van der Waals surface area (Å²) in [7, 11) is 0. The van der Waals surface area contributed by atoms with Crippen LogP contribution in [0.2, 0.25) is 0 Å². The number of aryl methyl sites for hydroxylation is 1. The molecule has 5 aromatic rings. The summed E-state index contributed by atoms with van der Waals surface area (Å²) in [5.74, 6) is 0.521. The molecule has 2 aromatic heterocycles. The van der Waals surface area contributed by atoms with E-state index < -0.39 is 0 Å². The Hall–Kier alpha value is -6.19. The van der Waals surface area contributed by atoms with Gasteiger partial charge in [-0.1, -0.05) is 35.5 Å². The Bertz CT molecular complexity index is 2360. The molecule has 0 radical (unpaired) electrons. The van der Waals surface area contributed by atoms with Crippen LogP contribution in [0.3, 0.4) is 0 Å². The minimum absolute atomic E-state index is 0.198. The molecular weight excluding hydrogens is 781 g/mol. The van der Waals surface area contributed by atoms with Crippen LogP contribution in [-0.4, -0.2) is 104 Å². The predicted molar refractivity (Wildman–Crippen MR) is 241 cm³/mol. The number of nitrogens with zero attached hydrogens (tertiary/aromatic N) is 8. The zero-order valence-electron chi connectivity index (χ0n) is 36.2. The number of hydrogen-bond donors (Lipinski definition) is 4. The number of anilines is 4. The minimum atomic E-state index is -0.378. The first-order valence-corrected chi connectivity index (χ1v) is 21.8. The molecule has 3 amide bonds. The molecule has 8 rings (SSSR count). The Kier molecular flexibility index (Phi) is 12.9. The molecule has 3 saturated heterocycles. The number of piperidine rings is 2. The molecule has 4 N–H and O–H groups in total. The first-order chi connectivity index (χ1) is 29.9. The standard InChI is InChI=1S/C47H58N12O3/c1-32-26-35(10-11-36(32)28-49-44(61)42-31-59(55-54-42)47(2,3)4)40-16-19-48-46(52-40)51-37-12-8-33(9-13-37)29-56-22-24-57(25-23-56)30-34-17-20-58(21-18-34)39-7-5-6-38(27-39)50-41-14-15-43(60)53-45(41)62/h5-13,16,19,26-27,31,34,41,50H,14-15,17-18,20-25,28-30H2,1-4H3,(H,49,61)(H,48,51,52)(H,53,60,62). The Morgan fingerprint density at radius 2 is 1.65 bits per heavy atom. The Morgan fingerprint density at radius 1 is 0.871 bits per heavy atom. The van der Waals surface area contributed by atoms with Crippen molar-refractivity contribution < 1.29 is 14.4 Å². The number of amides is 3. The molecule has 3 aliphatic rings. The number of nitrogens with one attached hydrogen (secondary N) is 4. The fraction of sp³-hybridized carbons (Fsp3) is 0.426. The number of benzene rings is 3. The van der Waals surface area contributed by atoms with Gasteiger partial charge in [-0.25, -0.2) is 14.6 Å². The van der Waals surface area contributed by atoms with E-state index in [1.165, 1.54) is 24.1 Å². The van der Waals surface area contributed by atoms with Crippen LogP contribution in [0.5, 0.6) is 0 Å². The normalized spacial score (nSPS) is 18.1. The number of carbonyl (C=O) groups is 3. The van der Waals surface area contributed by atoms with Crippen molar-refractivity contribution in [3.05, 3.63) is 108 Å². The number of rotatable bonds is 13. The molecule has 3 fully saturated rings. The molecule has 15 heteroatoms. The van der Waals surface area contributed by atoms with E-state index in [0.29, 0.717) is 36.9 Å². The van der Waals surface area contributed by atoms with Crippen molar-refractivity contribution in [1.82, 2.24) is 45.4 Å². The van der Waals surface area contributed by atoms with Gasteiger partial charge in [0.05, 0.1) is 17.4 Å². The highest BCUT2D eigenvalue weighted by atomic mass is 16.2. The first kappa shape index (κ1) is 42.5. The Labute approximate surface area is 363 Å². The van der Waals surface area contributed by atoms with Gasteiger partial charge in [-0.2, -0.15) is 0 Å². The van der Waals surface area contributed by atoms with Crippen molar-refractivity contribution in [1.29, 1.82) is 0 Å². The SMILES string of the molecule is Cc1cc(-c2ccnc(Nc3ccc(CN4CCN(CC5CCN(c6cccc(NC7CCC(=O)NC7=O)c6)CC5)CC4)cc3)n2)ccc1CNC(=O)c1cn(C(C)(C)C)nn1. The lowest BCUT2D eigenvalue weighted by Gasteiger charge is -2.39. The number of piperazine rings is 1. The van der Waals surface area contributed by atoms with E-state index in [1.54, 1.807) is 17.1 Å². The topological polar surface area (TPSA) is 166 Å². The van der Waals surface area contributed by atoms with E-state index in [2.05, 4.69) is 93.7 Å². The molecule has 324 valence electrons. The van der Waals surface area contributed by atoms with E-state index in [-0.39, 0.29) is 29.3 Å². The summed E-state index contributed by atoms with van der Waals surface area (Å²) in [6, 6.07) is 24.5. The number of carbonyl (C=O) groups excluding carboxylic acids is 3. The van der Waals surface area contributed by atoms with Crippen LogP contribution >= 0.6 is 0 Å². The molecule has 1 unspecified atom stereocenters. The number of imide groups is 1. The highest BCUT2D eigenvalue weighted by molar-refractivity contribution is 6.01. The smallest absolute Gasteiger partial charge is 0.273 e. The maximum atomic E-state index is 12.7. The predicted octanol–water partition coefficient (Wildman–Crippen LogP) is 5.72. The van der Waals surface area contributed by atoms with Crippen LogP contribution in [0.25, 0.3) is 11.3 Å². The monoisotopic (exact) mass is 838 g/mol. The maximum Gasteiger partial charge on any atom is 0.273 e. The fourth-order valence-electron chi connectivity index (χ4n) is 8.37. The molecule has 15 nitrogen and oxygen atoms in total. The van der Waals surface area contributed by atoms with Crippen molar-refractivity contribution in [2.24, 2.45) is 5.92 Å². The third kappa shape index (κ3) is 10.8. The quantitative estimate of drug-likeness (QED) is 0.107. The van der Waals surface area contributed by atoms with Gasteiger partial charge in [0.15, 0.2) is 5.69 Å². The largest absolute Gasteiger partial charge is 0.374 e. The van der Waals surface area contributed by atoms with Gasteiger partial charge in [0.25, 0.3) is 5.91 Å². The summed E-state index contributed by atoms with van der Waals surface area (Å²) in [4.78, 5) is 53.4. The zero-order chi connectivity index (χ0) is 43.2. The summed E-state index contributed by atoms with van der Waals surface area (Å²) in [5.41, 5.74) is 8.19. The van der Waals surface area contributed by atoms with E-state index in [9.17, 15) is 14.4 Å². The highest BCUT2D eigenvalue weighted by Gasteiger charge is 2.28. The molecule has 0 spiro atoms. The van der Waals surface area contributed by atoms with Crippen LogP contribution in [0, 0.1) is 12.8 Å². The van der Waals surface area contributed by atoms with E-state index in [1.807, 2.05) is 58.0 Å². The average molecular weight is 839 g/mol. The van der Waals surface area contributed by atoms with Gasteiger partial charge in [-0.05, 0) is 112 Å². The van der Waals surface area contributed by atoms with Crippen LogP contribution < -0.4 is 26.2 Å². The maximum absolute atomic E-state index is 12.7. The molecule has 0 aliphatic carbocycles. The van der Waals surface area contributed by atoms with E-state index in [0.717, 1.165) is 86.1 Å². The van der Waals surface area contributed by atoms with Gasteiger partial charge in [0, 0.05) is 94.1 Å². The fourth-order valence-corrected chi connectivity index (χ4v) is 8.37. The van der Waals surface area contributed by atoms with E-state index >= 15 is 0 Å². The molecular formula is C47H58N12O3. The zero-order valence-corrected chi connectivity index (χ0v) is 36.2. The highest BCUT2D eigenvalue weighted by Crippen LogP contribution is 2.28. The molecule has 5 heterocycles. The van der Waals surface area contributed by atoms with Crippen molar-refractivity contribution in [3.63, 3.8) is 0 Å². The van der Waals surface area contributed by atoms with Gasteiger partial charge in [0.1, 0.15) is 6.04 Å². The number of hydrogen-bond acceptors (Lipinski definition) is 12. The van der Waals surface area contributed by atoms with Crippen LogP contribution in [-0.2, 0) is 28.2 Å². The molecule has 3 aromatic carbocycles. The second-order valence-electron chi connectivity index (χ2n) is 17.8. The van der Waals surface area contributed by atoms with Crippen LogP contribution in [0.15, 0.2) is 85.2 Å². The molecule has 1 atom stereocenters. The van der Waals surface area contributed by atoms with Crippen molar-refractivity contribution in [2.45, 2.75) is 78.0 Å². The minimum Gasteiger partial charge on any atom is -0.374 e. The van der Waals surface area contributed by atoms with E-state index in [4.69, 9.17) is 4.98 Å². The lowest BCUT2D eigenvalue weighted by atomic mass is 9.95. The Balaban J connectivity index is 0.755. The van der Waals surface area contributed by atoms with Gasteiger partial charge < -0.3 is 25.8 Å². The molecule has 62 heavy (non-hydrogen) atoms. The summed E-state index contributed by atoms with van der Waals surface area (Å²) < 4.78 is 1.69. The molecule has 0 saturated carbocycles. The second-order valence-corrected chi connectivity index (χ2v) is 17.8. The van der Waals surface area contributed by atoms with Gasteiger partial charge >= 0.3 is 0 Å². The van der Waals surface area contributed by atoms with Crippen LogP contribution in [0.1, 0.15) is 73.6 Å². The van der Waals surface area contributed by atoms with Crippen molar-refractivity contribution in [3.8, 4) is 11.3 Å². The number of aromatic nitrogens is 5. The third-order valence-corrected chi connectivity index (χ3v) is 12.2. The summed E-state index contributed by atoms with van der Waals surface area (Å²) in [6.45, 7) is 16.9. The second kappa shape index (κ2) is 18.8. The summed E-state index contributed by atoms with van der Waals surface area (Å²) in [5, 5.41) is 20.2. The lowest BCUT2D eigenvalue weighted by Crippen LogP contribution is -2.48. The third-order valence-electron chi connectivity index (χ3n) is 12.2. The van der Waals surface area contributed by atoms with Crippen molar-refractivity contribution >= 4 is 40.7 Å². The van der Waals surface area contributed by atoms with Gasteiger partial charge in [-0.3, -0.25) is 24.6 Å². The Morgan fingerprint density at radius 3 is 2.37 bits per heavy atom. The summed E-state index contributed by atoms with van der Waals surface area (Å²) >= 11 is 0. The van der Waals surface area contributed by atoms with Gasteiger partial charge in [-0.15, -0.1) is 5.10 Å². The average Bonchev–Trinajstić information content (AvgIpc) is 3.78. The van der Waals surface area contributed by atoms with Crippen LogP contribution in [0.4, 0.5) is 23.0 Å². The first-order valence-electron chi connectivity index (χ1n) is 21.8. The summed E-state index contributed by atoms with van der Waals surface area (Å²) in [6.07, 6.45) is 6.66. The molecule has 3 aliphatic heterocycles. The molecule has 0 bridgehead atoms. The lowest BCUT2D eigenvalue weighted by molar-refractivity contribution is -0.133. The van der Waals surface area contributed by atoms with Crippen molar-refractivity contribution in [2.75, 3.05) is 61.3 Å². The van der Waals surface area contributed by atoms with Gasteiger partial charge in [0.2, 0.25) is 17.8 Å².